The van der Waals surface area contributed by atoms with Crippen molar-refractivity contribution in [2.45, 2.75) is 43.5 Å². The van der Waals surface area contributed by atoms with Gasteiger partial charge in [0.1, 0.15) is 5.82 Å². The second-order valence-corrected chi connectivity index (χ2v) is 8.92. The maximum absolute atomic E-state index is 13.0. The molecule has 6 heteroatoms. The third-order valence-corrected chi connectivity index (χ3v) is 7.24. The molecular weight excluding hydrogens is 315 g/mol. The molecule has 1 aliphatic heterocycles. The molecule has 0 spiro atoms. The van der Waals surface area contributed by atoms with Crippen molar-refractivity contribution in [2.75, 3.05) is 26.2 Å². The molecule has 0 radical (unpaired) electrons. The van der Waals surface area contributed by atoms with Crippen LogP contribution in [0.1, 0.15) is 32.6 Å². The summed E-state index contributed by atoms with van der Waals surface area (Å²) in [7, 11) is -3.49. The topological polar surface area (TPSA) is 41.8 Å². The first-order chi connectivity index (χ1) is 11.0. The van der Waals surface area contributed by atoms with Gasteiger partial charge in [0.05, 0.1) is 37.1 Å². The number of rotatable bonds is 3. The van der Waals surface area contributed by atoms with Gasteiger partial charge in [0, 0.05) is 6.42 Å². The lowest BCUT2D eigenvalue weighted by Gasteiger charge is -2.38. The van der Waals surface area contributed by atoms with Gasteiger partial charge in [0.2, 0.25) is 10.0 Å². The fourth-order valence-electron chi connectivity index (χ4n) is 3.98. The average Bonchev–Trinajstić information content (AvgIpc) is 2.55. The van der Waals surface area contributed by atoms with Gasteiger partial charge in [-0.15, -0.1) is 0 Å². The van der Waals surface area contributed by atoms with Crippen molar-refractivity contribution in [3.63, 3.8) is 0 Å². The summed E-state index contributed by atoms with van der Waals surface area (Å²) >= 11 is 0. The van der Waals surface area contributed by atoms with Crippen molar-refractivity contribution >= 4 is 10.0 Å². The van der Waals surface area contributed by atoms with Gasteiger partial charge in [-0.25, -0.2) is 12.8 Å². The molecule has 1 aliphatic carbocycles. The predicted octanol–water partition coefficient (Wildman–Crippen LogP) is 1.29. The first kappa shape index (κ1) is 16.9. The number of nitrogens with one attached hydrogen (secondary N) is 1. The highest BCUT2D eigenvalue weighted by Gasteiger charge is 2.34. The van der Waals surface area contributed by atoms with Crippen molar-refractivity contribution in [3.8, 4) is 0 Å². The molecule has 4 nitrogen and oxygen atoms in total. The van der Waals surface area contributed by atoms with Gasteiger partial charge in [-0.05, 0) is 43.0 Å². The SMILES string of the molecule is C[C@@H]1CCC[C@@H]([NH+]2CCN(S(=O)(=O)c3ccc(F)cc3)CC2)C1. The minimum Gasteiger partial charge on any atom is -0.330 e. The van der Waals surface area contributed by atoms with Crippen LogP contribution in [0.15, 0.2) is 29.2 Å². The molecule has 1 N–H and O–H groups in total. The third-order valence-electron chi connectivity index (χ3n) is 5.33. The number of hydrogen-bond donors (Lipinski definition) is 1. The van der Waals surface area contributed by atoms with E-state index in [-0.39, 0.29) is 4.90 Å². The van der Waals surface area contributed by atoms with Crippen LogP contribution in [0.2, 0.25) is 0 Å². The van der Waals surface area contributed by atoms with E-state index < -0.39 is 15.8 Å². The van der Waals surface area contributed by atoms with Crippen LogP contribution in [0.5, 0.6) is 0 Å². The van der Waals surface area contributed by atoms with Gasteiger partial charge in [-0.2, -0.15) is 4.31 Å². The molecule has 128 valence electrons. The summed E-state index contributed by atoms with van der Waals surface area (Å²) in [4.78, 5) is 1.75. The monoisotopic (exact) mass is 341 g/mol. The Kier molecular flexibility index (Phi) is 5.04. The molecule has 1 saturated heterocycles. The van der Waals surface area contributed by atoms with Gasteiger partial charge in [0.25, 0.3) is 0 Å². The minimum atomic E-state index is -3.49. The van der Waals surface area contributed by atoms with Crippen LogP contribution in [0.4, 0.5) is 4.39 Å². The summed E-state index contributed by atoms with van der Waals surface area (Å²) in [6.07, 6.45) is 5.16. The lowest BCUT2D eigenvalue weighted by atomic mass is 9.86. The van der Waals surface area contributed by atoms with Gasteiger partial charge in [0.15, 0.2) is 0 Å². The highest BCUT2D eigenvalue weighted by molar-refractivity contribution is 7.89. The lowest BCUT2D eigenvalue weighted by molar-refractivity contribution is -0.930. The van der Waals surface area contributed by atoms with Crippen molar-refractivity contribution < 1.29 is 17.7 Å². The van der Waals surface area contributed by atoms with E-state index in [2.05, 4.69) is 6.92 Å². The van der Waals surface area contributed by atoms with Gasteiger partial charge < -0.3 is 4.90 Å². The molecule has 2 aliphatic rings. The van der Waals surface area contributed by atoms with Crippen LogP contribution in [0.3, 0.4) is 0 Å². The standard InChI is InChI=1S/C17H25FN2O2S/c1-14-3-2-4-16(13-14)19-9-11-20(12-10-19)23(21,22)17-7-5-15(18)6-8-17/h5-8,14,16H,2-4,9-13H2,1H3/p+1/t14-,16-/m1/s1. The third kappa shape index (κ3) is 3.75. The van der Waals surface area contributed by atoms with Crippen LogP contribution in [0.25, 0.3) is 0 Å². The Hall–Kier alpha value is -0.980. The van der Waals surface area contributed by atoms with E-state index in [0.717, 1.165) is 19.0 Å². The van der Waals surface area contributed by atoms with E-state index in [0.29, 0.717) is 19.1 Å². The van der Waals surface area contributed by atoms with Crippen molar-refractivity contribution in [1.82, 2.24) is 4.31 Å². The number of nitrogens with zero attached hydrogens (tertiary/aromatic N) is 1. The maximum Gasteiger partial charge on any atom is 0.243 e. The largest absolute Gasteiger partial charge is 0.330 e. The van der Waals surface area contributed by atoms with Crippen molar-refractivity contribution in [2.24, 2.45) is 5.92 Å². The Morgan fingerprint density at radius 1 is 1.13 bits per heavy atom. The molecule has 0 unspecified atom stereocenters. The Balaban J connectivity index is 1.63. The first-order valence-electron chi connectivity index (χ1n) is 8.57. The fourth-order valence-corrected chi connectivity index (χ4v) is 5.42. The Labute approximate surface area is 138 Å². The smallest absolute Gasteiger partial charge is 0.243 e. The second-order valence-electron chi connectivity index (χ2n) is 6.98. The molecule has 2 atom stereocenters. The average molecular weight is 341 g/mol. The predicted molar refractivity (Wildman–Crippen MR) is 87.3 cm³/mol. The molecular formula is C17H26FN2O2S+. The zero-order valence-electron chi connectivity index (χ0n) is 13.7. The zero-order chi connectivity index (χ0) is 16.4. The van der Waals surface area contributed by atoms with Gasteiger partial charge in [-0.3, -0.25) is 0 Å². The summed E-state index contributed by atoms with van der Waals surface area (Å²) in [5.74, 6) is 0.381. The quantitative estimate of drug-likeness (QED) is 0.900. The van der Waals surface area contributed by atoms with Gasteiger partial charge in [-0.1, -0.05) is 13.3 Å². The molecule has 2 fully saturated rings. The molecule has 0 amide bonds. The Morgan fingerprint density at radius 2 is 1.78 bits per heavy atom. The molecule has 1 aromatic carbocycles. The molecule has 1 saturated carbocycles. The highest BCUT2D eigenvalue weighted by atomic mass is 32.2. The fraction of sp³-hybridized carbons (Fsp3) is 0.647. The van der Waals surface area contributed by atoms with Crippen LogP contribution in [-0.4, -0.2) is 44.9 Å². The van der Waals surface area contributed by atoms with E-state index >= 15 is 0 Å². The number of benzene rings is 1. The molecule has 23 heavy (non-hydrogen) atoms. The van der Waals surface area contributed by atoms with Crippen LogP contribution in [0, 0.1) is 11.7 Å². The normalized spacial score (nSPS) is 27.9. The van der Waals surface area contributed by atoms with E-state index in [1.165, 1.54) is 49.9 Å². The summed E-state index contributed by atoms with van der Waals surface area (Å²) in [5, 5.41) is 0. The van der Waals surface area contributed by atoms with Crippen molar-refractivity contribution in [1.29, 1.82) is 0 Å². The summed E-state index contributed by atoms with van der Waals surface area (Å²) < 4.78 is 39.8. The van der Waals surface area contributed by atoms with Gasteiger partial charge >= 0.3 is 0 Å². The minimum absolute atomic E-state index is 0.189. The Morgan fingerprint density at radius 3 is 2.39 bits per heavy atom. The van der Waals surface area contributed by atoms with E-state index in [1.807, 2.05) is 0 Å². The number of sulfonamides is 1. The number of hydrogen-bond acceptors (Lipinski definition) is 2. The Bertz CT molecular complexity index is 624. The number of halogens is 1. The summed E-state index contributed by atoms with van der Waals surface area (Å²) in [6, 6.07) is 5.81. The first-order valence-corrected chi connectivity index (χ1v) is 10.0. The molecule has 1 aromatic rings. The second kappa shape index (κ2) is 6.87. The van der Waals surface area contributed by atoms with Crippen LogP contribution < -0.4 is 4.90 Å². The molecule has 3 rings (SSSR count). The number of quaternary nitrogens is 1. The lowest BCUT2D eigenvalue weighted by Crippen LogP contribution is -3.18. The summed E-state index contributed by atoms with van der Waals surface area (Å²) in [5.41, 5.74) is 0. The van der Waals surface area contributed by atoms with E-state index in [9.17, 15) is 12.8 Å². The number of piperazine rings is 1. The van der Waals surface area contributed by atoms with Crippen LogP contribution >= 0.6 is 0 Å². The molecule has 0 bridgehead atoms. The van der Waals surface area contributed by atoms with Crippen molar-refractivity contribution in [3.05, 3.63) is 30.1 Å². The van der Waals surface area contributed by atoms with Crippen LogP contribution in [-0.2, 0) is 10.0 Å². The van der Waals surface area contributed by atoms with E-state index in [4.69, 9.17) is 0 Å². The maximum atomic E-state index is 13.0. The molecule has 0 aromatic heterocycles. The zero-order valence-corrected chi connectivity index (χ0v) is 14.5. The highest BCUT2D eigenvalue weighted by Crippen LogP contribution is 2.22. The molecule has 1 heterocycles. The van der Waals surface area contributed by atoms with E-state index in [1.54, 1.807) is 9.21 Å². The summed E-state index contributed by atoms with van der Waals surface area (Å²) in [6.45, 7) is 5.18.